The molecule has 3 aliphatic rings. The number of anilines is 2. The molecule has 3 atom stereocenters. The van der Waals surface area contributed by atoms with Gasteiger partial charge in [-0.2, -0.15) is 0 Å². The molecule has 4 aromatic rings. The summed E-state index contributed by atoms with van der Waals surface area (Å²) in [7, 11) is 0. The zero-order valence-electron chi connectivity index (χ0n) is 26.7. The normalized spacial score (nSPS) is 19.4. The molecule has 2 aliphatic heterocycles. The molecular formula is C39H35ClN2O6. The van der Waals surface area contributed by atoms with Crippen molar-refractivity contribution in [2.45, 2.75) is 45.3 Å². The standard InChI is InChI=1S/C39H35ClN2O6/c1-3-47-39-30(12-7-17-43)32(28-11-6-10-27-26-9-5-4-8-23(26)19-31(27)28)21-35(48-39)36(44)41-25-14-16-34(22(2)18-25)42-37(45)29-15-13-24(40)20-33(29)38(42)46/h4-6,8-11,13-16,18,20-21,30,32,39,43H,3,7,12,17,19H2,1-2H3,(H,41,44). The number of nitrogens with zero attached hydrogens (tertiary/aromatic N) is 1. The lowest BCUT2D eigenvalue weighted by molar-refractivity contribution is -0.165. The molecule has 0 aromatic heterocycles. The van der Waals surface area contributed by atoms with Gasteiger partial charge in [-0.1, -0.05) is 54.1 Å². The van der Waals surface area contributed by atoms with E-state index in [0.717, 1.165) is 16.9 Å². The van der Waals surface area contributed by atoms with Gasteiger partial charge in [0.1, 0.15) is 0 Å². The minimum atomic E-state index is -0.691. The predicted octanol–water partition coefficient (Wildman–Crippen LogP) is 7.41. The number of fused-ring (bicyclic) bond motifs is 4. The third-order valence-corrected chi connectivity index (χ3v) is 9.66. The van der Waals surface area contributed by atoms with Gasteiger partial charge in [-0.15, -0.1) is 0 Å². The monoisotopic (exact) mass is 662 g/mol. The number of carbonyl (C=O) groups is 3. The van der Waals surface area contributed by atoms with Gasteiger partial charge in [-0.05, 0) is 109 Å². The summed E-state index contributed by atoms with van der Waals surface area (Å²) >= 11 is 6.08. The fraction of sp³-hybridized carbons (Fsp3) is 0.256. The maximum absolute atomic E-state index is 13.8. The van der Waals surface area contributed by atoms with E-state index < -0.39 is 24.0 Å². The molecule has 48 heavy (non-hydrogen) atoms. The van der Waals surface area contributed by atoms with Crippen molar-refractivity contribution in [1.82, 2.24) is 0 Å². The Kier molecular flexibility index (Phi) is 8.64. The summed E-state index contributed by atoms with van der Waals surface area (Å²) in [5.74, 6) is -1.49. The largest absolute Gasteiger partial charge is 0.459 e. The lowest BCUT2D eigenvalue weighted by Gasteiger charge is -2.37. The highest BCUT2D eigenvalue weighted by Gasteiger charge is 2.40. The number of aliphatic hydroxyl groups excluding tert-OH is 1. The average molecular weight is 663 g/mol. The number of aryl methyl sites for hydroxylation is 1. The van der Waals surface area contributed by atoms with Crippen molar-refractivity contribution in [3.8, 4) is 11.1 Å². The van der Waals surface area contributed by atoms with Crippen molar-refractivity contribution in [3.05, 3.63) is 129 Å². The molecule has 2 heterocycles. The van der Waals surface area contributed by atoms with E-state index in [9.17, 15) is 19.5 Å². The first-order valence-corrected chi connectivity index (χ1v) is 16.6. The van der Waals surface area contributed by atoms with Crippen molar-refractivity contribution >= 4 is 40.7 Å². The van der Waals surface area contributed by atoms with E-state index in [1.807, 2.05) is 13.0 Å². The van der Waals surface area contributed by atoms with Crippen molar-refractivity contribution in [1.29, 1.82) is 0 Å². The SMILES string of the molecule is CCOC1OC(C(=O)Nc2ccc(N3C(=O)c4ccc(Cl)cc4C3=O)c(C)c2)=CC(c2cccc3c2Cc2ccccc2-3)C1CCCO. The van der Waals surface area contributed by atoms with Crippen molar-refractivity contribution in [2.24, 2.45) is 5.92 Å². The fourth-order valence-corrected chi connectivity index (χ4v) is 7.40. The molecule has 0 saturated carbocycles. The van der Waals surface area contributed by atoms with E-state index in [4.69, 9.17) is 21.1 Å². The van der Waals surface area contributed by atoms with Crippen LogP contribution in [0.4, 0.5) is 11.4 Å². The molecule has 244 valence electrons. The highest BCUT2D eigenvalue weighted by atomic mass is 35.5. The quantitative estimate of drug-likeness (QED) is 0.159. The van der Waals surface area contributed by atoms with Crippen LogP contribution in [-0.4, -0.2) is 42.3 Å². The van der Waals surface area contributed by atoms with Gasteiger partial charge < -0.3 is 19.9 Å². The van der Waals surface area contributed by atoms with Gasteiger partial charge in [0, 0.05) is 35.8 Å². The van der Waals surface area contributed by atoms with Gasteiger partial charge in [0.2, 0.25) is 6.29 Å². The summed E-state index contributed by atoms with van der Waals surface area (Å²) in [5, 5.41) is 13.1. The van der Waals surface area contributed by atoms with Gasteiger partial charge >= 0.3 is 0 Å². The minimum Gasteiger partial charge on any atom is -0.459 e. The number of aliphatic hydroxyl groups is 1. The molecule has 0 bridgehead atoms. The number of benzene rings is 4. The first-order chi connectivity index (χ1) is 23.3. The molecule has 2 N–H and O–H groups in total. The molecule has 0 saturated heterocycles. The van der Waals surface area contributed by atoms with Crippen LogP contribution in [0.25, 0.3) is 11.1 Å². The average Bonchev–Trinajstić information content (AvgIpc) is 3.58. The second-order valence-corrected chi connectivity index (χ2v) is 12.8. The van der Waals surface area contributed by atoms with E-state index in [-0.39, 0.29) is 29.8 Å². The molecule has 1 aliphatic carbocycles. The highest BCUT2D eigenvalue weighted by Crippen LogP contribution is 2.46. The number of amides is 3. The topological polar surface area (TPSA) is 105 Å². The summed E-state index contributed by atoms with van der Waals surface area (Å²) in [6.07, 6.45) is 3.22. The van der Waals surface area contributed by atoms with E-state index in [1.165, 1.54) is 28.3 Å². The number of hydrogen-bond acceptors (Lipinski definition) is 6. The van der Waals surface area contributed by atoms with Crippen LogP contribution in [0.3, 0.4) is 0 Å². The van der Waals surface area contributed by atoms with Gasteiger partial charge in [-0.3, -0.25) is 14.4 Å². The Hall–Kier alpha value is -4.76. The number of rotatable bonds is 9. The summed E-state index contributed by atoms with van der Waals surface area (Å²) < 4.78 is 12.3. The molecule has 7 rings (SSSR count). The van der Waals surface area contributed by atoms with Crippen molar-refractivity contribution in [3.63, 3.8) is 0 Å². The molecule has 8 nitrogen and oxygen atoms in total. The van der Waals surface area contributed by atoms with E-state index >= 15 is 0 Å². The smallest absolute Gasteiger partial charge is 0.290 e. The number of nitrogens with one attached hydrogen (secondary N) is 1. The molecular weight excluding hydrogens is 628 g/mol. The van der Waals surface area contributed by atoms with Crippen molar-refractivity contribution < 1.29 is 29.0 Å². The van der Waals surface area contributed by atoms with E-state index in [1.54, 1.807) is 37.3 Å². The van der Waals surface area contributed by atoms with E-state index in [0.29, 0.717) is 47.0 Å². The van der Waals surface area contributed by atoms with Crippen LogP contribution in [0.15, 0.2) is 90.7 Å². The second-order valence-electron chi connectivity index (χ2n) is 12.3. The van der Waals surface area contributed by atoms with Gasteiger partial charge in [-0.25, -0.2) is 4.90 Å². The van der Waals surface area contributed by atoms with Crippen molar-refractivity contribution in [2.75, 3.05) is 23.4 Å². The van der Waals surface area contributed by atoms with Crippen LogP contribution >= 0.6 is 11.6 Å². The Balaban J connectivity index is 1.19. The van der Waals surface area contributed by atoms with Crippen LogP contribution < -0.4 is 10.2 Å². The maximum atomic E-state index is 13.8. The van der Waals surface area contributed by atoms with Crippen LogP contribution in [0.1, 0.15) is 68.7 Å². The van der Waals surface area contributed by atoms with Gasteiger partial charge in [0.05, 0.1) is 16.8 Å². The molecule has 9 heteroatoms. The molecule has 0 radical (unpaired) electrons. The lowest BCUT2D eigenvalue weighted by Crippen LogP contribution is -2.37. The number of hydrogen-bond donors (Lipinski definition) is 2. The maximum Gasteiger partial charge on any atom is 0.290 e. The van der Waals surface area contributed by atoms with Crippen LogP contribution in [-0.2, 0) is 20.7 Å². The van der Waals surface area contributed by atoms with Gasteiger partial charge in [0.15, 0.2) is 5.76 Å². The molecule has 3 amide bonds. The molecule has 0 fully saturated rings. The first kappa shape index (κ1) is 31.8. The Morgan fingerprint density at radius 3 is 2.56 bits per heavy atom. The second kappa shape index (κ2) is 13.0. The van der Waals surface area contributed by atoms with Crippen LogP contribution in [0, 0.1) is 12.8 Å². The zero-order chi connectivity index (χ0) is 33.5. The number of carbonyl (C=O) groups excluding carboxylic acids is 3. The highest BCUT2D eigenvalue weighted by molar-refractivity contribution is 6.37. The Morgan fingerprint density at radius 1 is 0.979 bits per heavy atom. The lowest BCUT2D eigenvalue weighted by atomic mass is 9.78. The van der Waals surface area contributed by atoms with Gasteiger partial charge in [0.25, 0.3) is 17.7 Å². The molecule has 4 aromatic carbocycles. The predicted molar refractivity (Wildman–Crippen MR) is 184 cm³/mol. The Labute approximate surface area is 283 Å². The summed E-state index contributed by atoms with van der Waals surface area (Å²) in [6, 6.07) is 24.4. The third kappa shape index (κ3) is 5.60. The molecule has 0 spiro atoms. The number of halogens is 1. The minimum absolute atomic E-state index is 0.0429. The Bertz CT molecular complexity index is 1990. The van der Waals surface area contributed by atoms with E-state index in [2.05, 4.69) is 47.8 Å². The Morgan fingerprint density at radius 2 is 1.77 bits per heavy atom. The third-order valence-electron chi connectivity index (χ3n) is 9.43. The fourth-order valence-electron chi connectivity index (χ4n) is 7.22. The summed E-state index contributed by atoms with van der Waals surface area (Å²) in [6.45, 7) is 4.11. The first-order valence-electron chi connectivity index (χ1n) is 16.2. The summed E-state index contributed by atoms with van der Waals surface area (Å²) in [4.78, 5) is 41.3. The number of allylic oxidation sites excluding steroid dienone is 1. The molecule has 3 unspecified atom stereocenters. The number of imide groups is 1. The van der Waals surface area contributed by atoms with Crippen LogP contribution in [0.2, 0.25) is 5.02 Å². The van der Waals surface area contributed by atoms with Crippen LogP contribution in [0.5, 0.6) is 0 Å². The zero-order valence-corrected chi connectivity index (χ0v) is 27.4. The number of ether oxygens (including phenoxy) is 2. The summed E-state index contributed by atoms with van der Waals surface area (Å²) in [5.41, 5.74) is 8.12.